The molecule has 2 atom stereocenters. The van der Waals surface area contributed by atoms with Gasteiger partial charge in [0.15, 0.2) is 0 Å². The predicted molar refractivity (Wildman–Crippen MR) is 121 cm³/mol. The summed E-state index contributed by atoms with van der Waals surface area (Å²) in [6, 6.07) is 14.8. The van der Waals surface area contributed by atoms with Gasteiger partial charge in [-0.1, -0.05) is 12.1 Å². The van der Waals surface area contributed by atoms with E-state index in [1.54, 1.807) is 49.1 Å². The van der Waals surface area contributed by atoms with E-state index in [2.05, 4.69) is 20.6 Å². The predicted octanol–water partition coefficient (Wildman–Crippen LogP) is 1.54. The SMILES string of the molecule is OC(CNCc1cccnc1)COc1ccc(OCC(O)CNCc2cccnc2)cc1. The number of hydrogen-bond donors (Lipinski definition) is 4. The van der Waals surface area contributed by atoms with Gasteiger partial charge in [0.05, 0.1) is 0 Å². The lowest BCUT2D eigenvalue weighted by atomic mass is 10.2. The van der Waals surface area contributed by atoms with Gasteiger partial charge in [0.25, 0.3) is 0 Å². The second-order valence-corrected chi connectivity index (χ2v) is 7.39. The molecule has 4 N–H and O–H groups in total. The number of hydrogen-bond acceptors (Lipinski definition) is 8. The molecule has 0 fully saturated rings. The number of pyridine rings is 2. The van der Waals surface area contributed by atoms with Crippen LogP contribution in [0.15, 0.2) is 73.3 Å². The van der Waals surface area contributed by atoms with Crippen molar-refractivity contribution in [2.24, 2.45) is 0 Å². The third kappa shape index (κ3) is 8.99. The number of nitrogens with zero attached hydrogens (tertiary/aromatic N) is 2. The van der Waals surface area contributed by atoms with Gasteiger partial charge in [-0.05, 0) is 47.5 Å². The monoisotopic (exact) mass is 438 g/mol. The fourth-order valence-electron chi connectivity index (χ4n) is 2.91. The van der Waals surface area contributed by atoms with Crippen molar-refractivity contribution in [3.63, 3.8) is 0 Å². The van der Waals surface area contributed by atoms with Crippen LogP contribution in [0, 0.1) is 0 Å². The number of benzene rings is 1. The van der Waals surface area contributed by atoms with Crippen molar-refractivity contribution in [2.45, 2.75) is 25.3 Å². The van der Waals surface area contributed by atoms with Crippen LogP contribution in [0.25, 0.3) is 0 Å². The molecule has 2 aromatic heterocycles. The molecule has 0 aliphatic carbocycles. The second kappa shape index (κ2) is 13.4. The first-order valence-electron chi connectivity index (χ1n) is 10.6. The van der Waals surface area contributed by atoms with Crippen molar-refractivity contribution < 1.29 is 19.7 Å². The van der Waals surface area contributed by atoms with Crippen molar-refractivity contribution in [1.29, 1.82) is 0 Å². The van der Waals surface area contributed by atoms with Gasteiger partial charge in [-0.25, -0.2) is 0 Å². The molecule has 170 valence electrons. The first-order valence-corrected chi connectivity index (χ1v) is 10.6. The molecule has 0 saturated heterocycles. The summed E-state index contributed by atoms with van der Waals surface area (Å²) in [6.07, 6.45) is 5.78. The van der Waals surface area contributed by atoms with Gasteiger partial charge in [0.2, 0.25) is 0 Å². The molecule has 0 aliphatic heterocycles. The molecule has 32 heavy (non-hydrogen) atoms. The van der Waals surface area contributed by atoms with Crippen LogP contribution in [0.5, 0.6) is 11.5 Å². The van der Waals surface area contributed by atoms with Gasteiger partial charge in [0.1, 0.15) is 36.9 Å². The lowest BCUT2D eigenvalue weighted by Gasteiger charge is -2.15. The van der Waals surface area contributed by atoms with Crippen LogP contribution < -0.4 is 20.1 Å². The van der Waals surface area contributed by atoms with Crippen LogP contribution in [-0.4, -0.2) is 58.7 Å². The zero-order chi connectivity index (χ0) is 22.4. The van der Waals surface area contributed by atoms with E-state index in [0.29, 0.717) is 37.7 Å². The van der Waals surface area contributed by atoms with Crippen molar-refractivity contribution in [1.82, 2.24) is 20.6 Å². The number of nitrogens with one attached hydrogen (secondary N) is 2. The Balaban J connectivity index is 1.27. The quantitative estimate of drug-likeness (QED) is 0.300. The van der Waals surface area contributed by atoms with Gasteiger partial charge in [-0.15, -0.1) is 0 Å². The summed E-state index contributed by atoms with van der Waals surface area (Å²) in [5, 5.41) is 26.5. The Morgan fingerprint density at radius 1 is 0.688 bits per heavy atom. The molecule has 3 rings (SSSR count). The van der Waals surface area contributed by atoms with E-state index in [4.69, 9.17) is 9.47 Å². The van der Waals surface area contributed by atoms with Crippen molar-refractivity contribution in [2.75, 3.05) is 26.3 Å². The Morgan fingerprint density at radius 2 is 1.12 bits per heavy atom. The van der Waals surface area contributed by atoms with E-state index in [1.807, 2.05) is 24.3 Å². The van der Waals surface area contributed by atoms with E-state index >= 15 is 0 Å². The molecule has 2 unspecified atom stereocenters. The van der Waals surface area contributed by atoms with Gasteiger partial charge < -0.3 is 30.3 Å². The number of ether oxygens (including phenoxy) is 2. The minimum absolute atomic E-state index is 0.182. The highest BCUT2D eigenvalue weighted by molar-refractivity contribution is 5.31. The maximum atomic E-state index is 10.1. The highest BCUT2D eigenvalue weighted by atomic mass is 16.5. The molecule has 0 amide bonds. The molecule has 8 heteroatoms. The number of aliphatic hydroxyl groups is 2. The fourth-order valence-corrected chi connectivity index (χ4v) is 2.91. The Kier molecular flexibility index (Phi) is 9.88. The van der Waals surface area contributed by atoms with Gasteiger partial charge in [-0.2, -0.15) is 0 Å². The van der Waals surface area contributed by atoms with E-state index in [1.165, 1.54) is 0 Å². The number of aliphatic hydroxyl groups excluding tert-OH is 2. The molecule has 2 heterocycles. The summed E-state index contributed by atoms with van der Waals surface area (Å²) in [7, 11) is 0. The molecule has 0 radical (unpaired) electrons. The maximum Gasteiger partial charge on any atom is 0.119 e. The van der Waals surface area contributed by atoms with E-state index in [9.17, 15) is 10.2 Å². The fraction of sp³-hybridized carbons (Fsp3) is 0.333. The molecule has 0 saturated carbocycles. The summed E-state index contributed by atoms with van der Waals surface area (Å²) >= 11 is 0. The highest BCUT2D eigenvalue weighted by Gasteiger charge is 2.07. The smallest absolute Gasteiger partial charge is 0.119 e. The summed E-state index contributed by atoms with van der Waals surface area (Å²) in [5.41, 5.74) is 2.12. The summed E-state index contributed by atoms with van der Waals surface area (Å²) in [6.45, 7) is 2.48. The molecule has 1 aromatic carbocycles. The Morgan fingerprint density at radius 3 is 1.50 bits per heavy atom. The van der Waals surface area contributed by atoms with Crippen molar-refractivity contribution >= 4 is 0 Å². The Bertz CT molecular complexity index is 807. The topological polar surface area (TPSA) is 109 Å². The van der Waals surface area contributed by atoms with Gasteiger partial charge >= 0.3 is 0 Å². The third-order valence-electron chi connectivity index (χ3n) is 4.57. The lowest BCUT2D eigenvalue weighted by Crippen LogP contribution is -2.31. The van der Waals surface area contributed by atoms with Crippen LogP contribution in [0.3, 0.4) is 0 Å². The number of rotatable bonds is 14. The van der Waals surface area contributed by atoms with Crippen LogP contribution in [0.2, 0.25) is 0 Å². The lowest BCUT2D eigenvalue weighted by molar-refractivity contribution is 0.104. The molecule has 0 aliphatic rings. The van der Waals surface area contributed by atoms with Crippen molar-refractivity contribution in [3.8, 4) is 11.5 Å². The minimum atomic E-state index is -0.628. The van der Waals surface area contributed by atoms with Crippen molar-refractivity contribution in [3.05, 3.63) is 84.4 Å². The van der Waals surface area contributed by atoms with E-state index in [-0.39, 0.29) is 13.2 Å². The average molecular weight is 439 g/mol. The second-order valence-electron chi connectivity index (χ2n) is 7.39. The highest BCUT2D eigenvalue weighted by Crippen LogP contribution is 2.18. The maximum absolute atomic E-state index is 10.1. The van der Waals surface area contributed by atoms with E-state index in [0.717, 1.165) is 11.1 Å². The van der Waals surface area contributed by atoms with Crippen LogP contribution in [-0.2, 0) is 13.1 Å². The standard InChI is InChI=1S/C24H30N4O4/c29-21(15-27-13-19-3-1-9-25-11-19)17-31-23-5-7-24(8-6-23)32-18-22(30)16-28-14-20-4-2-10-26-12-20/h1-12,21-22,27-30H,13-18H2. The Hall–Kier alpha value is -3.04. The zero-order valence-electron chi connectivity index (χ0n) is 17.9. The first kappa shape index (κ1) is 23.6. The van der Waals surface area contributed by atoms with Gasteiger partial charge in [0, 0.05) is 51.0 Å². The largest absolute Gasteiger partial charge is 0.491 e. The average Bonchev–Trinajstić information content (AvgIpc) is 2.83. The molecule has 8 nitrogen and oxygen atoms in total. The summed E-state index contributed by atoms with van der Waals surface area (Å²) in [4.78, 5) is 8.11. The molecular weight excluding hydrogens is 408 g/mol. The molecule has 0 bridgehead atoms. The Labute approximate surface area is 188 Å². The molecule has 3 aromatic rings. The van der Waals surface area contributed by atoms with E-state index < -0.39 is 12.2 Å². The molecular formula is C24H30N4O4. The van der Waals surface area contributed by atoms with Gasteiger partial charge in [-0.3, -0.25) is 9.97 Å². The summed E-state index contributed by atoms with van der Waals surface area (Å²) < 4.78 is 11.2. The minimum Gasteiger partial charge on any atom is -0.491 e. The first-order chi connectivity index (χ1) is 15.7. The van der Waals surface area contributed by atoms with Crippen LogP contribution >= 0.6 is 0 Å². The third-order valence-corrected chi connectivity index (χ3v) is 4.57. The number of aromatic nitrogens is 2. The van der Waals surface area contributed by atoms with Crippen LogP contribution in [0.4, 0.5) is 0 Å². The van der Waals surface area contributed by atoms with Crippen LogP contribution in [0.1, 0.15) is 11.1 Å². The zero-order valence-corrected chi connectivity index (χ0v) is 17.9. The molecule has 0 spiro atoms. The normalized spacial score (nSPS) is 12.8. The summed E-state index contributed by atoms with van der Waals surface area (Å²) in [5.74, 6) is 1.28.